The quantitative estimate of drug-likeness (QED) is 0.123. The van der Waals surface area contributed by atoms with Crippen LogP contribution >= 0.6 is 21.6 Å². The zero-order valence-electron chi connectivity index (χ0n) is 25.5. The highest BCUT2D eigenvalue weighted by Gasteiger charge is 2.32. The van der Waals surface area contributed by atoms with Crippen molar-refractivity contribution in [3.63, 3.8) is 0 Å². The van der Waals surface area contributed by atoms with Crippen LogP contribution in [-0.2, 0) is 33.4 Å². The SMILES string of the molecule is CC(C)[C@H]1NC(=O)[C@H]2CSSCC/C=C/[C@H](CC(=O)N[C@H](CCCCNC(=O)OC(C)(C)C)C(=O)N2)OC(=O)CNC1=O. The average Bonchev–Trinajstić information content (AvgIpc) is 2.90. The van der Waals surface area contributed by atoms with E-state index in [1.54, 1.807) is 40.7 Å². The number of allylic oxidation sites excluding steroid dienone is 1. The summed E-state index contributed by atoms with van der Waals surface area (Å²) >= 11 is 0. The van der Waals surface area contributed by atoms with E-state index in [4.69, 9.17) is 9.47 Å². The Kier molecular flexibility index (Phi) is 15.2. The Morgan fingerprint density at radius 2 is 1.79 bits per heavy atom. The lowest BCUT2D eigenvalue weighted by molar-refractivity contribution is -0.148. The zero-order valence-corrected chi connectivity index (χ0v) is 27.1. The number of carbonyl (C=O) groups excluding carboxylic acids is 6. The van der Waals surface area contributed by atoms with E-state index in [0.717, 1.165) is 0 Å². The number of nitrogens with one attached hydrogen (secondary N) is 5. The average molecular weight is 644 g/mol. The van der Waals surface area contributed by atoms with Crippen LogP contribution in [-0.4, -0.2) is 90.1 Å². The Hall–Kier alpha value is -2.94. The van der Waals surface area contributed by atoms with E-state index in [1.807, 2.05) is 6.08 Å². The molecule has 2 rings (SSSR count). The lowest BCUT2D eigenvalue weighted by Crippen LogP contribution is -2.59. The van der Waals surface area contributed by atoms with E-state index in [1.165, 1.54) is 21.6 Å². The van der Waals surface area contributed by atoms with Crippen LogP contribution in [0.5, 0.6) is 0 Å². The number of ether oxygens (including phenoxy) is 2. The third-order valence-electron chi connectivity index (χ3n) is 6.23. The number of hydrogen-bond acceptors (Lipinski definition) is 10. The Morgan fingerprint density at radius 1 is 1.05 bits per heavy atom. The highest BCUT2D eigenvalue weighted by Crippen LogP contribution is 2.24. The summed E-state index contributed by atoms with van der Waals surface area (Å²) in [6.07, 6.45) is 3.57. The molecule has 1 saturated heterocycles. The highest BCUT2D eigenvalue weighted by molar-refractivity contribution is 8.76. The van der Waals surface area contributed by atoms with Crippen molar-refractivity contribution in [1.82, 2.24) is 26.6 Å². The number of alkyl carbamates (subject to hydrolysis) is 1. The fourth-order valence-electron chi connectivity index (χ4n) is 4.09. The first-order valence-corrected chi connectivity index (χ1v) is 17.0. The molecule has 15 heteroatoms. The highest BCUT2D eigenvalue weighted by atomic mass is 33.1. The van der Waals surface area contributed by atoms with E-state index in [-0.39, 0.29) is 24.5 Å². The number of carbonyl (C=O) groups is 6. The summed E-state index contributed by atoms with van der Waals surface area (Å²) in [5, 5.41) is 13.4. The Morgan fingerprint density at radius 3 is 2.49 bits per heavy atom. The topological polar surface area (TPSA) is 181 Å². The first kappa shape index (κ1) is 36.3. The van der Waals surface area contributed by atoms with Crippen molar-refractivity contribution in [2.24, 2.45) is 5.92 Å². The van der Waals surface area contributed by atoms with Crippen LogP contribution in [0.3, 0.4) is 0 Å². The molecule has 43 heavy (non-hydrogen) atoms. The molecular weight excluding hydrogens is 598 g/mol. The second-order valence-corrected chi connectivity index (χ2v) is 14.2. The standard InChI is InChI=1S/C28H45N5O8S2/c1-17(2)23-26(38)30-15-22(35)40-18-10-7-9-13-42-43-16-20(25(37)33-23)32-24(36)19(31-21(34)14-18)11-6-8-12-29-27(39)41-28(3,4)5/h7,10,17-20,23H,6,8-9,11-16H2,1-5H3,(H,29,39)(H,30,38)(H,31,34)(H,32,36)(H,33,37)/b10-7+/t18-,19-,20-,23-/m1/s1. The van der Waals surface area contributed by atoms with Crippen molar-refractivity contribution < 1.29 is 38.2 Å². The van der Waals surface area contributed by atoms with E-state index in [0.29, 0.717) is 31.6 Å². The molecule has 0 aliphatic carbocycles. The van der Waals surface area contributed by atoms with E-state index in [2.05, 4.69) is 26.6 Å². The molecule has 5 amide bonds. The molecule has 0 unspecified atom stereocenters. The van der Waals surface area contributed by atoms with Crippen molar-refractivity contribution in [3.8, 4) is 0 Å². The smallest absolute Gasteiger partial charge is 0.407 e. The minimum Gasteiger partial charge on any atom is -0.456 e. The molecule has 2 aliphatic rings. The summed E-state index contributed by atoms with van der Waals surface area (Å²) in [5.41, 5.74) is -0.629. The molecule has 0 aromatic carbocycles. The van der Waals surface area contributed by atoms with Crippen LogP contribution in [0.15, 0.2) is 12.2 Å². The summed E-state index contributed by atoms with van der Waals surface area (Å²) in [6.45, 7) is 8.67. The van der Waals surface area contributed by atoms with Gasteiger partial charge in [0.15, 0.2) is 0 Å². The minimum atomic E-state index is -0.996. The number of unbranched alkanes of at least 4 members (excludes halogenated alkanes) is 1. The van der Waals surface area contributed by atoms with Gasteiger partial charge in [0.05, 0.1) is 6.42 Å². The van der Waals surface area contributed by atoms with Gasteiger partial charge in [0.25, 0.3) is 0 Å². The molecule has 0 aromatic heterocycles. The van der Waals surface area contributed by atoms with Gasteiger partial charge in [0, 0.05) is 18.1 Å². The minimum absolute atomic E-state index is 0.223. The van der Waals surface area contributed by atoms with E-state index < -0.39 is 72.1 Å². The molecule has 2 bridgehead atoms. The van der Waals surface area contributed by atoms with Crippen LogP contribution in [0, 0.1) is 5.92 Å². The van der Waals surface area contributed by atoms with Gasteiger partial charge in [-0.2, -0.15) is 0 Å². The molecule has 0 aromatic rings. The molecule has 0 spiro atoms. The maximum Gasteiger partial charge on any atom is 0.407 e. The Balaban J connectivity index is 2.27. The van der Waals surface area contributed by atoms with Crippen LogP contribution < -0.4 is 26.6 Å². The van der Waals surface area contributed by atoms with Gasteiger partial charge in [0.1, 0.15) is 36.4 Å². The second kappa shape index (κ2) is 18.0. The van der Waals surface area contributed by atoms with Gasteiger partial charge in [-0.1, -0.05) is 41.5 Å². The number of hydrogen-bond donors (Lipinski definition) is 5. The number of fused-ring (bicyclic) bond motifs is 7. The van der Waals surface area contributed by atoms with Crippen LogP contribution in [0.25, 0.3) is 0 Å². The number of esters is 1. The third-order valence-corrected chi connectivity index (χ3v) is 8.68. The largest absolute Gasteiger partial charge is 0.456 e. The summed E-state index contributed by atoms with van der Waals surface area (Å²) in [6, 6.07) is -2.94. The van der Waals surface area contributed by atoms with Crippen molar-refractivity contribution in [2.45, 2.75) is 96.6 Å². The number of rotatable bonds is 6. The molecule has 1 fully saturated rings. The lowest BCUT2D eigenvalue weighted by atomic mass is 10.0. The van der Waals surface area contributed by atoms with E-state index in [9.17, 15) is 28.8 Å². The predicted molar refractivity (Wildman–Crippen MR) is 165 cm³/mol. The molecule has 242 valence electrons. The Labute approximate surface area is 260 Å². The van der Waals surface area contributed by atoms with Gasteiger partial charge in [-0.05, 0) is 58.4 Å². The van der Waals surface area contributed by atoms with Crippen molar-refractivity contribution in [1.29, 1.82) is 0 Å². The van der Waals surface area contributed by atoms with E-state index >= 15 is 0 Å². The molecule has 2 heterocycles. The van der Waals surface area contributed by atoms with Crippen molar-refractivity contribution in [2.75, 3.05) is 24.6 Å². The van der Waals surface area contributed by atoms with Gasteiger partial charge in [0.2, 0.25) is 23.6 Å². The molecule has 2 aliphatic heterocycles. The molecular formula is C28H45N5O8S2. The van der Waals surface area contributed by atoms with Crippen LogP contribution in [0.2, 0.25) is 0 Å². The summed E-state index contributed by atoms with van der Waals surface area (Å²) in [4.78, 5) is 77.3. The molecule has 4 atom stereocenters. The fourth-order valence-corrected chi connectivity index (χ4v) is 6.25. The fraction of sp³-hybridized carbons (Fsp3) is 0.714. The monoisotopic (exact) mass is 643 g/mol. The summed E-state index contributed by atoms with van der Waals surface area (Å²) < 4.78 is 10.7. The molecule has 0 saturated carbocycles. The first-order chi connectivity index (χ1) is 20.2. The van der Waals surface area contributed by atoms with Gasteiger partial charge < -0.3 is 36.1 Å². The van der Waals surface area contributed by atoms with Gasteiger partial charge in [-0.25, -0.2) is 4.79 Å². The van der Waals surface area contributed by atoms with Crippen molar-refractivity contribution in [3.05, 3.63) is 12.2 Å². The van der Waals surface area contributed by atoms with Crippen LogP contribution in [0.4, 0.5) is 4.79 Å². The third kappa shape index (κ3) is 14.4. The molecule has 0 radical (unpaired) electrons. The molecule has 5 N–H and O–H groups in total. The second-order valence-electron chi connectivity index (χ2n) is 11.6. The van der Waals surface area contributed by atoms with Gasteiger partial charge in [-0.3, -0.25) is 24.0 Å². The Bertz CT molecular complexity index is 1030. The summed E-state index contributed by atoms with van der Waals surface area (Å²) in [5.74, 6) is -2.34. The first-order valence-electron chi connectivity index (χ1n) is 14.5. The van der Waals surface area contributed by atoms with Gasteiger partial charge in [-0.15, -0.1) is 0 Å². The normalized spacial score (nSPS) is 25.8. The van der Waals surface area contributed by atoms with Crippen molar-refractivity contribution >= 4 is 57.3 Å². The molecule has 13 nitrogen and oxygen atoms in total. The van der Waals surface area contributed by atoms with Crippen LogP contribution in [0.1, 0.15) is 66.7 Å². The number of amides is 5. The predicted octanol–water partition coefficient (Wildman–Crippen LogP) is 1.56. The summed E-state index contributed by atoms with van der Waals surface area (Å²) in [7, 11) is 2.92. The zero-order chi connectivity index (χ0) is 32.0. The maximum atomic E-state index is 13.5. The lowest BCUT2D eigenvalue weighted by Gasteiger charge is -2.27. The maximum absolute atomic E-state index is 13.5. The van der Waals surface area contributed by atoms with Gasteiger partial charge >= 0.3 is 12.1 Å².